The highest BCUT2D eigenvalue weighted by molar-refractivity contribution is 4.93. The molecule has 3 rings (SSSR count). The van der Waals surface area contributed by atoms with Gasteiger partial charge in [0.05, 0.1) is 18.8 Å². The van der Waals surface area contributed by atoms with E-state index in [0.29, 0.717) is 18.9 Å². The van der Waals surface area contributed by atoms with Gasteiger partial charge in [-0.05, 0) is 43.4 Å². The van der Waals surface area contributed by atoms with E-state index >= 15 is 0 Å². The minimum atomic E-state index is -0.761. The molecule has 0 aromatic heterocycles. The molecule has 1 heterocycles. The summed E-state index contributed by atoms with van der Waals surface area (Å²) in [6, 6.07) is 0. The van der Waals surface area contributed by atoms with Gasteiger partial charge in [0, 0.05) is 12.5 Å². The largest absolute Gasteiger partial charge is 0.396 e. The molecule has 0 spiro atoms. The molecule has 2 saturated carbocycles. The highest BCUT2D eigenvalue weighted by Crippen LogP contribution is 2.42. The van der Waals surface area contributed by atoms with E-state index < -0.39 is 12.2 Å². The third-order valence-corrected chi connectivity index (χ3v) is 6.66. The van der Waals surface area contributed by atoms with Crippen molar-refractivity contribution in [2.45, 2.75) is 82.5 Å². The summed E-state index contributed by atoms with van der Waals surface area (Å²) in [4.78, 5) is 0. The Bertz CT molecular complexity index is 357. The lowest BCUT2D eigenvalue weighted by Crippen LogP contribution is -2.52. The zero-order valence-corrected chi connectivity index (χ0v) is 14.3. The quantitative estimate of drug-likeness (QED) is 0.672. The molecule has 2 unspecified atom stereocenters. The number of hydrogen-bond donors (Lipinski definition) is 3. The highest BCUT2D eigenvalue weighted by Gasteiger charge is 2.43. The van der Waals surface area contributed by atoms with E-state index in [1.807, 2.05) is 0 Å². The van der Waals surface area contributed by atoms with E-state index in [0.717, 1.165) is 31.1 Å². The van der Waals surface area contributed by atoms with Crippen LogP contribution in [0.3, 0.4) is 0 Å². The topological polar surface area (TPSA) is 69.9 Å². The average molecular weight is 326 g/mol. The molecule has 1 saturated heterocycles. The van der Waals surface area contributed by atoms with Crippen molar-refractivity contribution in [2.24, 2.45) is 23.7 Å². The summed E-state index contributed by atoms with van der Waals surface area (Å²) >= 11 is 0. The predicted molar refractivity (Wildman–Crippen MR) is 89.0 cm³/mol. The van der Waals surface area contributed by atoms with Crippen LogP contribution in [0.1, 0.15) is 64.2 Å². The molecule has 4 nitrogen and oxygen atoms in total. The summed E-state index contributed by atoms with van der Waals surface area (Å²) in [5.41, 5.74) is 0. The smallest absolute Gasteiger partial charge is 0.107 e. The Morgan fingerprint density at radius 1 is 0.870 bits per heavy atom. The number of rotatable bonds is 7. The summed E-state index contributed by atoms with van der Waals surface area (Å²) in [6.07, 6.45) is 10.3. The maximum absolute atomic E-state index is 10.5. The fraction of sp³-hybridized carbons (Fsp3) is 1.00. The summed E-state index contributed by atoms with van der Waals surface area (Å²) in [5.74, 6) is 2.15. The van der Waals surface area contributed by atoms with Gasteiger partial charge in [-0.25, -0.2) is 0 Å². The Kier molecular flexibility index (Phi) is 6.36. The molecule has 4 heteroatoms. The third-order valence-electron chi connectivity index (χ3n) is 6.66. The normalized spacial score (nSPS) is 41.9. The van der Waals surface area contributed by atoms with Gasteiger partial charge in [-0.2, -0.15) is 0 Å². The van der Waals surface area contributed by atoms with Gasteiger partial charge >= 0.3 is 0 Å². The summed E-state index contributed by atoms with van der Waals surface area (Å²) < 4.78 is 5.97. The first-order valence-electron chi connectivity index (χ1n) is 9.77. The average Bonchev–Trinajstić information content (AvgIpc) is 2.96. The van der Waals surface area contributed by atoms with Gasteiger partial charge in [0.2, 0.25) is 0 Å². The van der Waals surface area contributed by atoms with Crippen molar-refractivity contribution in [1.29, 1.82) is 0 Å². The van der Waals surface area contributed by atoms with Gasteiger partial charge in [0.25, 0.3) is 0 Å². The van der Waals surface area contributed by atoms with Gasteiger partial charge < -0.3 is 20.1 Å². The molecule has 3 N–H and O–H groups in total. The maximum Gasteiger partial charge on any atom is 0.107 e. The van der Waals surface area contributed by atoms with Crippen LogP contribution < -0.4 is 0 Å². The Balaban J connectivity index is 1.44. The van der Waals surface area contributed by atoms with Crippen LogP contribution in [0.5, 0.6) is 0 Å². The highest BCUT2D eigenvalue weighted by atomic mass is 16.5. The van der Waals surface area contributed by atoms with Crippen molar-refractivity contribution in [1.82, 2.24) is 0 Å². The van der Waals surface area contributed by atoms with Gasteiger partial charge in [0.15, 0.2) is 0 Å². The SMILES string of the molecule is OCCC[C@H]1CO[C@H](C2CCC(CCC3CCC3)C2)[C@H](O)[C@@H]1O. The van der Waals surface area contributed by atoms with Crippen molar-refractivity contribution in [3.63, 3.8) is 0 Å². The minimum Gasteiger partial charge on any atom is -0.396 e. The molecule has 134 valence electrons. The molecule has 0 aromatic carbocycles. The van der Waals surface area contributed by atoms with Crippen LogP contribution in [0.15, 0.2) is 0 Å². The van der Waals surface area contributed by atoms with Gasteiger partial charge in [0.1, 0.15) is 6.10 Å². The fourth-order valence-electron chi connectivity index (χ4n) is 4.85. The number of hydrogen-bond acceptors (Lipinski definition) is 4. The van der Waals surface area contributed by atoms with Crippen LogP contribution in [0.4, 0.5) is 0 Å². The molecule has 3 fully saturated rings. The molecular weight excluding hydrogens is 292 g/mol. The van der Waals surface area contributed by atoms with Crippen molar-refractivity contribution in [3.8, 4) is 0 Å². The van der Waals surface area contributed by atoms with Crippen LogP contribution >= 0.6 is 0 Å². The third kappa shape index (κ3) is 4.28. The molecule has 1 aliphatic heterocycles. The zero-order chi connectivity index (χ0) is 16.2. The molecule has 0 bridgehead atoms. The van der Waals surface area contributed by atoms with Crippen molar-refractivity contribution < 1.29 is 20.1 Å². The van der Waals surface area contributed by atoms with E-state index in [-0.39, 0.29) is 18.6 Å². The number of aliphatic hydroxyl groups is 3. The van der Waals surface area contributed by atoms with Crippen LogP contribution in [0.25, 0.3) is 0 Å². The second kappa shape index (κ2) is 8.28. The maximum atomic E-state index is 10.5. The number of aliphatic hydroxyl groups excluding tert-OH is 3. The molecule has 0 aromatic rings. The molecule has 0 radical (unpaired) electrons. The Hall–Kier alpha value is -0.160. The zero-order valence-electron chi connectivity index (χ0n) is 14.3. The monoisotopic (exact) mass is 326 g/mol. The second-order valence-corrected chi connectivity index (χ2v) is 8.22. The number of ether oxygens (including phenoxy) is 1. The predicted octanol–water partition coefficient (Wildman–Crippen LogP) is 2.49. The molecule has 0 amide bonds. The Morgan fingerprint density at radius 2 is 1.65 bits per heavy atom. The van der Waals surface area contributed by atoms with E-state index in [1.165, 1.54) is 38.5 Å². The lowest BCUT2D eigenvalue weighted by atomic mass is 9.80. The molecule has 6 atom stereocenters. The first-order chi connectivity index (χ1) is 11.2. The molecular formula is C19H34O4. The summed E-state index contributed by atoms with van der Waals surface area (Å²) in [5, 5.41) is 29.8. The molecule has 3 aliphatic rings. The first kappa shape index (κ1) is 17.7. The second-order valence-electron chi connectivity index (χ2n) is 8.22. The van der Waals surface area contributed by atoms with E-state index in [2.05, 4.69) is 0 Å². The van der Waals surface area contributed by atoms with Crippen LogP contribution in [-0.2, 0) is 4.74 Å². The van der Waals surface area contributed by atoms with Crippen LogP contribution in [0, 0.1) is 23.7 Å². The van der Waals surface area contributed by atoms with Gasteiger partial charge in [-0.3, -0.25) is 0 Å². The van der Waals surface area contributed by atoms with Crippen molar-refractivity contribution in [3.05, 3.63) is 0 Å². The first-order valence-corrected chi connectivity index (χ1v) is 9.77. The Labute approximate surface area is 140 Å². The minimum absolute atomic E-state index is 0.0378. The van der Waals surface area contributed by atoms with E-state index in [4.69, 9.17) is 9.84 Å². The lowest BCUT2D eigenvalue weighted by molar-refractivity contribution is -0.181. The van der Waals surface area contributed by atoms with E-state index in [9.17, 15) is 10.2 Å². The summed E-state index contributed by atoms with van der Waals surface area (Å²) in [7, 11) is 0. The van der Waals surface area contributed by atoms with Crippen molar-refractivity contribution >= 4 is 0 Å². The molecule has 23 heavy (non-hydrogen) atoms. The van der Waals surface area contributed by atoms with E-state index in [1.54, 1.807) is 0 Å². The van der Waals surface area contributed by atoms with Crippen molar-refractivity contribution in [2.75, 3.05) is 13.2 Å². The fourth-order valence-corrected chi connectivity index (χ4v) is 4.85. The summed E-state index contributed by atoms with van der Waals surface area (Å²) in [6.45, 7) is 0.653. The Morgan fingerprint density at radius 3 is 2.35 bits per heavy atom. The standard InChI is InChI=1S/C19H34O4/c20-10-2-5-16-12-23-19(18(22)17(16)21)15-9-8-14(11-15)7-6-13-3-1-4-13/h13-22H,1-12H2/t14?,15?,16-,17+,18+,19+/m0/s1. The van der Waals surface area contributed by atoms with Gasteiger partial charge in [-0.15, -0.1) is 0 Å². The van der Waals surface area contributed by atoms with Gasteiger partial charge in [-0.1, -0.05) is 38.5 Å². The molecule has 2 aliphatic carbocycles. The van der Waals surface area contributed by atoms with Crippen LogP contribution in [-0.4, -0.2) is 46.8 Å². The lowest BCUT2D eigenvalue weighted by Gasteiger charge is -2.40. The van der Waals surface area contributed by atoms with Crippen LogP contribution in [0.2, 0.25) is 0 Å².